The average molecular weight is 651 g/mol. The molecule has 3 aliphatic heterocycles. The van der Waals surface area contributed by atoms with E-state index < -0.39 is 6.08 Å². The summed E-state index contributed by atoms with van der Waals surface area (Å²) in [5.41, 5.74) is 15.1. The molecule has 2 atom stereocenters. The number of nitrogens with two attached hydrogens (primary N) is 2. The van der Waals surface area contributed by atoms with Gasteiger partial charge in [0.25, 0.3) is 6.08 Å². The predicted molar refractivity (Wildman–Crippen MR) is 171 cm³/mol. The Morgan fingerprint density at radius 1 is 1.24 bits per heavy atom. The van der Waals surface area contributed by atoms with Gasteiger partial charge >= 0.3 is 6.01 Å². The van der Waals surface area contributed by atoms with Crippen molar-refractivity contribution < 1.29 is 13.5 Å². The molecular formula is C30H32F2N10OS2. The highest BCUT2D eigenvalue weighted by Gasteiger charge is 2.53. The van der Waals surface area contributed by atoms with E-state index in [1.165, 1.54) is 11.3 Å². The fourth-order valence-electron chi connectivity index (χ4n) is 6.44. The zero-order valence-electron chi connectivity index (χ0n) is 25.0. The summed E-state index contributed by atoms with van der Waals surface area (Å²) in [5.74, 6) is 1.94. The molecule has 0 aliphatic carbocycles. The SMILES string of the molecule is CCN(c1nc(OC[C@@H]2CC(=C(F)F)CN2C)nc(N2CC3(C2)SCc2sc(N)c(C#N)c23)c1C#N)[C@H](C)c1cccnc1N. The van der Waals surface area contributed by atoms with Crippen LogP contribution in [-0.4, -0.2) is 65.7 Å². The van der Waals surface area contributed by atoms with Gasteiger partial charge in [0.2, 0.25) is 0 Å². The Hall–Kier alpha value is -4.18. The van der Waals surface area contributed by atoms with Crippen molar-refractivity contribution in [2.24, 2.45) is 0 Å². The fraction of sp³-hybridized carbons (Fsp3) is 0.433. The molecular weight excluding hydrogens is 619 g/mol. The van der Waals surface area contributed by atoms with Crippen molar-refractivity contribution in [1.82, 2.24) is 19.9 Å². The summed E-state index contributed by atoms with van der Waals surface area (Å²) >= 11 is 3.23. The van der Waals surface area contributed by atoms with Gasteiger partial charge in [0, 0.05) is 65.7 Å². The fourth-order valence-corrected chi connectivity index (χ4v) is 9.25. The topological polar surface area (TPSA) is 157 Å². The van der Waals surface area contributed by atoms with Crippen molar-refractivity contribution >= 4 is 45.6 Å². The van der Waals surface area contributed by atoms with Crippen molar-refractivity contribution in [3.8, 4) is 18.1 Å². The van der Waals surface area contributed by atoms with Gasteiger partial charge in [-0.15, -0.1) is 23.1 Å². The molecule has 0 bridgehead atoms. The van der Waals surface area contributed by atoms with Crippen molar-refractivity contribution in [3.63, 3.8) is 0 Å². The molecule has 3 aromatic heterocycles. The van der Waals surface area contributed by atoms with E-state index in [2.05, 4.69) is 17.1 Å². The summed E-state index contributed by atoms with van der Waals surface area (Å²) in [4.78, 5) is 20.6. The minimum Gasteiger partial charge on any atom is -0.462 e. The molecule has 4 N–H and O–H groups in total. The Morgan fingerprint density at radius 2 is 2.00 bits per heavy atom. The Kier molecular flexibility index (Phi) is 8.20. The number of thiophene rings is 1. The van der Waals surface area contributed by atoms with Gasteiger partial charge in [0.1, 0.15) is 35.1 Å². The summed E-state index contributed by atoms with van der Waals surface area (Å²) < 4.78 is 32.4. The number of rotatable bonds is 8. The second-order valence-electron chi connectivity index (χ2n) is 11.4. The molecule has 6 heterocycles. The number of nitrogens with zero attached hydrogens (tertiary/aromatic N) is 8. The zero-order chi connectivity index (χ0) is 32.0. The minimum absolute atomic E-state index is 0.0496. The van der Waals surface area contributed by atoms with Crippen LogP contribution >= 0.6 is 23.1 Å². The lowest BCUT2D eigenvalue weighted by Gasteiger charge is -2.49. The average Bonchev–Trinajstić information content (AvgIpc) is 3.66. The highest BCUT2D eigenvalue weighted by molar-refractivity contribution is 8.00. The maximum absolute atomic E-state index is 13.3. The Labute approximate surface area is 268 Å². The second kappa shape index (κ2) is 12.0. The Bertz CT molecular complexity index is 1760. The maximum atomic E-state index is 13.3. The van der Waals surface area contributed by atoms with Crippen LogP contribution in [0.1, 0.15) is 53.4 Å². The number of hydrogen-bond donors (Lipinski definition) is 2. The van der Waals surface area contributed by atoms with E-state index in [0.29, 0.717) is 47.7 Å². The van der Waals surface area contributed by atoms with Crippen molar-refractivity contribution in [2.45, 2.75) is 42.9 Å². The first kappa shape index (κ1) is 30.8. The van der Waals surface area contributed by atoms with Gasteiger partial charge in [-0.25, -0.2) is 4.98 Å². The molecule has 3 aromatic rings. The van der Waals surface area contributed by atoms with Gasteiger partial charge < -0.3 is 26.0 Å². The first-order chi connectivity index (χ1) is 21.6. The van der Waals surface area contributed by atoms with Gasteiger partial charge in [0.15, 0.2) is 11.6 Å². The maximum Gasteiger partial charge on any atom is 0.320 e. The molecule has 2 fully saturated rings. The van der Waals surface area contributed by atoms with Gasteiger partial charge in [-0.3, -0.25) is 4.90 Å². The van der Waals surface area contributed by atoms with Crippen molar-refractivity contribution in [3.05, 3.63) is 57.1 Å². The normalized spacial score (nSPS) is 19.1. The molecule has 45 heavy (non-hydrogen) atoms. The number of ether oxygens (including phenoxy) is 1. The van der Waals surface area contributed by atoms with Crippen LogP contribution in [0.3, 0.4) is 0 Å². The van der Waals surface area contributed by atoms with Gasteiger partial charge in [0.05, 0.1) is 16.4 Å². The first-order valence-corrected chi connectivity index (χ1v) is 16.3. The van der Waals surface area contributed by atoms with Gasteiger partial charge in [-0.05, 0) is 33.4 Å². The van der Waals surface area contributed by atoms with E-state index in [1.54, 1.807) is 25.0 Å². The van der Waals surface area contributed by atoms with Crippen molar-refractivity contribution in [1.29, 1.82) is 10.5 Å². The van der Waals surface area contributed by atoms with Crippen LogP contribution in [0.2, 0.25) is 0 Å². The van der Waals surface area contributed by atoms with Crippen LogP contribution < -0.4 is 26.0 Å². The van der Waals surface area contributed by atoms with Crippen LogP contribution in [0.25, 0.3) is 0 Å². The number of pyridine rings is 1. The van der Waals surface area contributed by atoms with E-state index in [0.717, 1.165) is 21.8 Å². The molecule has 0 amide bonds. The zero-order valence-corrected chi connectivity index (χ0v) is 26.7. The highest BCUT2D eigenvalue weighted by atomic mass is 32.2. The summed E-state index contributed by atoms with van der Waals surface area (Å²) in [6.45, 7) is 5.71. The standard InChI is InChI=1S/C30H32F2N10OS2/c1-4-42(16(2)19-6-5-7-37-25(19)35)28-21(10-34)27(38-29(39-28)43-12-18-8-17(24(31)32)11-40(18)3)41-14-30(15-41)23-20(9-33)26(36)45-22(23)13-44-30/h5-7,16,18H,4,8,11-15,36H2,1-3H3,(H2,35,37)/t16-,18+/m1/s1. The number of fused-ring (bicyclic) bond motifs is 2. The quantitative estimate of drug-likeness (QED) is 0.349. The van der Waals surface area contributed by atoms with Crippen molar-refractivity contribution in [2.75, 3.05) is 61.1 Å². The second-order valence-corrected chi connectivity index (χ2v) is 13.9. The smallest absolute Gasteiger partial charge is 0.320 e. The lowest BCUT2D eigenvalue weighted by Crippen LogP contribution is -2.57. The predicted octanol–water partition coefficient (Wildman–Crippen LogP) is 4.62. The number of halogens is 2. The van der Waals surface area contributed by atoms with E-state index in [9.17, 15) is 19.3 Å². The number of hydrogen-bond acceptors (Lipinski definition) is 13. The molecule has 2 saturated heterocycles. The summed E-state index contributed by atoms with van der Waals surface area (Å²) in [7, 11) is 1.78. The number of anilines is 4. The van der Waals surface area contributed by atoms with E-state index in [4.69, 9.17) is 26.2 Å². The van der Waals surface area contributed by atoms with E-state index >= 15 is 0 Å². The van der Waals surface area contributed by atoms with Gasteiger partial charge in [-0.2, -0.15) is 29.3 Å². The lowest BCUT2D eigenvalue weighted by molar-refractivity contribution is 0.187. The minimum atomic E-state index is -1.66. The molecule has 11 nitrogen and oxygen atoms in total. The molecule has 0 aromatic carbocycles. The third-order valence-corrected chi connectivity index (χ3v) is 11.5. The van der Waals surface area contributed by atoms with Crippen LogP contribution in [0.4, 0.5) is 31.2 Å². The molecule has 6 rings (SSSR count). The Morgan fingerprint density at radius 3 is 2.64 bits per heavy atom. The molecule has 0 radical (unpaired) electrons. The number of thioether (sulfide) groups is 1. The molecule has 15 heteroatoms. The highest BCUT2D eigenvalue weighted by Crippen LogP contribution is 2.58. The van der Waals surface area contributed by atoms with Crippen LogP contribution in [-0.2, 0) is 10.5 Å². The number of nitriles is 2. The molecule has 3 aliphatic rings. The van der Waals surface area contributed by atoms with E-state index in [1.807, 2.05) is 40.7 Å². The summed E-state index contributed by atoms with van der Waals surface area (Å²) in [5, 5.41) is 20.9. The van der Waals surface area contributed by atoms with E-state index in [-0.39, 0.29) is 53.6 Å². The molecule has 234 valence electrons. The van der Waals surface area contributed by atoms with Crippen LogP contribution in [0.5, 0.6) is 6.01 Å². The summed E-state index contributed by atoms with van der Waals surface area (Å²) in [6.07, 6.45) is 0.154. The number of likely N-dealkylation sites (tertiary alicyclic amines) is 1. The largest absolute Gasteiger partial charge is 0.462 e. The molecule has 1 spiro atoms. The number of aromatic nitrogens is 3. The van der Waals surface area contributed by atoms with Crippen LogP contribution in [0.15, 0.2) is 30.0 Å². The third kappa shape index (κ3) is 5.28. The summed E-state index contributed by atoms with van der Waals surface area (Å²) in [6, 6.07) is 7.79. The monoisotopic (exact) mass is 650 g/mol. The van der Waals surface area contributed by atoms with Crippen LogP contribution in [0, 0.1) is 22.7 Å². The first-order valence-electron chi connectivity index (χ1n) is 14.5. The molecule has 0 saturated carbocycles. The molecule has 0 unspecified atom stereocenters. The Balaban J connectivity index is 1.37. The van der Waals surface area contributed by atoms with Gasteiger partial charge in [-0.1, -0.05) is 6.07 Å². The number of nitrogen functional groups attached to an aromatic ring is 2. The third-order valence-electron chi connectivity index (χ3n) is 8.83. The number of likely N-dealkylation sites (N-methyl/N-ethyl adjacent to an activating group) is 1. The lowest BCUT2D eigenvalue weighted by atomic mass is 9.88.